The molecule has 0 saturated carbocycles. The highest BCUT2D eigenvalue weighted by atomic mass is 16.5. The van der Waals surface area contributed by atoms with Gasteiger partial charge in [0.15, 0.2) is 0 Å². The van der Waals surface area contributed by atoms with Gasteiger partial charge in [-0.2, -0.15) is 0 Å². The maximum atomic E-state index is 5.17. The monoisotopic (exact) mass is 207 g/mol. The Bertz CT molecular complexity index is 279. The lowest BCUT2D eigenvalue weighted by Gasteiger charge is -2.12. The highest BCUT2D eigenvalue weighted by Gasteiger charge is 2.00. The van der Waals surface area contributed by atoms with Gasteiger partial charge in [-0.1, -0.05) is 26.0 Å². The predicted octanol–water partition coefficient (Wildman–Crippen LogP) is 3.26. The first-order chi connectivity index (χ1) is 7.13. The molecule has 0 aliphatic rings. The third kappa shape index (κ3) is 3.92. The van der Waals surface area contributed by atoms with Crippen molar-refractivity contribution in [2.75, 3.05) is 19.0 Å². The smallest absolute Gasteiger partial charge is 0.0715 e. The lowest BCUT2D eigenvalue weighted by Crippen LogP contribution is -2.17. The number of benzene rings is 1. The van der Waals surface area contributed by atoms with Gasteiger partial charge in [0.25, 0.3) is 0 Å². The number of rotatable bonds is 5. The molecule has 0 amide bonds. The molecule has 0 aromatic heterocycles. The molecule has 1 unspecified atom stereocenters. The van der Waals surface area contributed by atoms with Crippen molar-refractivity contribution >= 4 is 5.69 Å². The van der Waals surface area contributed by atoms with Crippen LogP contribution in [0, 0.1) is 0 Å². The summed E-state index contributed by atoms with van der Waals surface area (Å²) >= 11 is 0. The molecule has 0 spiro atoms. The highest BCUT2D eigenvalue weighted by Crippen LogP contribution is 2.16. The second-order valence-corrected chi connectivity index (χ2v) is 4.20. The van der Waals surface area contributed by atoms with E-state index in [0.29, 0.717) is 5.92 Å². The van der Waals surface area contributed by atoms with Gasteiger partial charge in [-0.3, -0.25) is 0 Å². The zero-order chi connectivity index (χ0) is 11.3. The molecule has 84 valence electrons. The van der Waals surface area contributed by atoms with Gasteiger partial charge < -0.3 is 10.1 Å². The number of anilines is 1. The molecule has 0 saturated heterocycles. The maximum absolute atomic E-state index is 5.17. The molecule has 1 rings (SSSR count). The Balaban J connectivity index is 2.50. The second-order valence-electron chi connectivity index (χ2n) is 4.20. The summed E-state index contributed by atoms with van der Waals surface area (Å²) in [5.74, 6) is 0.594. The summed E-state index contributed by atoms with van der Waals surface area (Å²) in [4.78, 5) is 0. The summed E-state index contributed by atoms with van der Waals surface area (Å²) in [6, 6.07) is 8.59. The van der Waals surface area contributed by atoms with Crippen LogP contribution in [0.3, 0.4) is 0 Å². The van der Waals surface area contributed by atoms with Crippen molar-refractivity contribution in [1.82, 2.24) is 0 Å². The normalized spacial score (nSPS) is 12.9. The zero-order valence-corrected chi connectivity index (χ0v) is 10.1. The highest BCUT2D eigenvalue weighted by molar-refractivity contribution is 5.45. The average Bonchev–Trinajstić information content (AvgIpc) is 2.26. The number of ether oxygens (including phenoxy) is 1. The minimum atomic E-state index is 0.245. The minimum Gasteiger partial charge on any atom is -0.382 e. The van der Waals surface area contributed by atoms with E-state index in [-0.39, 0.29) is 6.10 Å². The van der Waals surface area contributed by atoms with Gasteiger partial charge in [0, 0.05) is 19.3 Å². The summed E-state index contributed by atoms with van der Waals surface area (Å²) in [5, 5.41) is 3.34. The Morgan fingerprint density at radius 1 is 1.13 bits per heavy atom. The molecule has 0 heterocycles. The van der Waals surface area contributed by atoms with E-state index in [0.717, 1.165) is 12.2 Å². The number of nitrogens with one attached hydrogen (secondary N) is 1. The largest absolute Gasteiger partial charge is 0.382 e. The van der Waals surface area contributed by atoms with Crippen LogP contribution >= 0.6 is 0 Å². The van der Waals surface area contributed by atoms with Crippen LogP contribution in [-0.4, -0.2) is 19.8 Å². The topological polar surface area (TPSA) is 21.3 Å². The second kappa shape index (κ2) is 5.76. The summed E-state index contributed by atoms with van der Waals surface area (Å²) < 4.78 is 5.17. The number of hydrogen-bond donors (Lipinski definition) is 1. The van der Waals surface area contributed by atoms with Crippen LogP contribution < -0.4 is 5.32 Å². The lowest BCUT2D eigenvalue weighted by molar-refractivity contribution is 0.129. The summed E-state index contributed by atoms with van der Waals surface area (Å²) in [7, 11) is 1.73. The SMILES string of the molecule is COC(C)CNc1ccc(C(C)C)cc1. The van der Waals surface area contributed by atoms with Crippen molar-refractivity contribution in [3.05, 3.63) is 29.8 Å². The van der Waals surface area contributed by atoms with Gasteiger partial charge in [0.1, 0.15) is 0 Å². The Kier molecular flexibility index (Phi) is 4.63. The molecule has 1 aromatic rings. The van der Waals surface area contributed by atoms with Crippen LogP contribution in [0.2, 0.25) is 0 Å². The van der Waals surface area contributed by atoms with E-state index in [9.17, 15) is 0 Å². The average molecular weight is 207 g/mol. The van der Waals surface area contributed by atoms with E-state index in [1.54, 1.807) is 7.11 Å². The molecule has 0 radical (unpaired) electrons. The van der Waals surface area contributed by atoms with Crippen LogP contribution in [0.1, 0.15) is 32.3 Å². The molecule has 2 nitrogen and oxygen atoms in total. The number of hydrogen-bond acceptors (Lipinski definition) is 2. The predicted molar refractivity (Wildman–Crippen MR) is 65.5 cm³/mol. The first kappa shape index (κ1) is 12.1. The first-order valence-corrected chi connectivity index (χ1v) is 5.50. The van der Waals surface area contributed by atoms with Crippen LogP contribution in [0.4, 0.5) is 5.69 Å². The van der Waals surface area contributed by atoms with Crippen molar-refractivity contribution in [2.45, 2.75) is 32.8 Å². The fourth-order valence-corrected chi connectivity index (χ4v) is 1.33. The van der Waals surface area contributed by atoms with Crippen molar-refractivity contribution in [3.8, 4) is 0 Å². The van der Waals surface area contributed by atoms with E-state index >= 15 is 0 Å². The summed E-state index contributed by atoms with van der Waals surface area (Å²) in [6.45, 7) is 7.30. The quantitative estimate of drug-likeness (QED) is 0.800. The zero-order valence-electron chi connectivity index (χ0n) is 10.1. The van der Waals surface area contributed by atoms with Crippen LogP contribution in [0.15, 0.2) is 24.3 Å². The third-order valence-corrected chi connectivity index (χ3v) is 2.57. The molecular weight excluding hydrogens is 186 g/mol. The van der Waals surface area contributed by atoms with Gasteiger partial charge >= 0.3 is 0 Å². The number of methoxy groups -OCH3 is 1. The third-order valence-electron chi connectivity index (χ3n) is 2.57. The van der Waals surface area contributed by atoms with Crippen LogP contribution in [0.25, 0.3) is 0 Å². The van der Waals surface area contributed by atoms with Crippen molar-refractivity contribution in [1.29, 1.82) is 0 Å². The molecule has 0 fully saturated rings. The molecule has 0 aliphatic heterocycles. The Hall–Kier alpha value is -1.02. The molecule has 0 aliphatic carbocycles. The van der Waals surface area contributed by atoms with Gasteiger partial charge in [-0.25, -0.2) is 0 Å². The van der Waals surface area contributed by atoms with Gasteiger partial charge in [0.05, 0.1) is 6.10 Å². The maximum Gasteiger partial charge on any atom is 0.0715 e. The van der Waals surface area contributed by atoms with Crippen LogP contribution in [0.5, 0.6) is 0 Å². The molecule has 0 bridgehead atoms. The van der Waals surface area contributed by atoms with Crippen molar-refractivity contribution < 1.29 is 4.74 Å². The van der Waals surface area contributed by atoms with Crippen molar-refractivity contribution in [3.63, 3.8) is 0 Å². The molecular formula is C13H21NO. The van der Waals surface area contributed by atoms with E-state index < -0.39 is 0 Å². The van der Waals surface area contributed by atoms with Gasteiger partial charge in [0.2, 0.25) is 0 Å². The fourth-order valence-electron chi connectivity index (χ4n) is 1.33. The molecule has 1 atom stereocenters. The summed E-state index contributed by atoms with van der Waals surface area (Å²) in [5.41, 5.74) is 2.53. The standard InChI is InChI=1S/C13H21NO/c1-10(2)12-5-7-13(8-6-12)14-9-11(3)15-4/h5-8,10-11,14H,9H2,1-4H3. The van der Waals surface area contributed by atoms with E-state index in [1.807, 2.05) is 0 Å². The fraction of sp³-hybridized carbons (Fsp3) is 0.538. The molecule has 15 heavy (non-hydrogen) atoms. The van der Waals surface area contributed by atoms with Crippen molar-refractivity contribution in [2.24, 2.45) is 0 Å². The molecule has 2 heteroatoms. The van der Waals surface area contributed by atoms with Gasteiger partial charge in [-0.15, -0.1) is 0 Å². The van der Waals surface area contributed by atoms with Crippen LogP contribution in [-0.2, 0) is 4.74 Å². The lowest BCUT2D eigenvalue weighted by atomic mass is 10.0. The minimum absolute atomic E-state index is 0.245. The molecule has 1 N–H and O–H groups in total. The Labute approximate surface area is 92.6 Å². The molecule has 1 aromatic carbocycles. The van der Waals surface area contributed by atoms with Gasteiger partial charge in [-0.05, 0) is 30.5 Å². The first-order valence-electron chi connectivity index (χ1n) is 5.50. The Morgan fingerprint density at radius 3 is 2.20 bits per heavy atom. The Morgan fingerprint density at radius 2 is 1.73 bits per heavy atom. The van der Waals surface area contributed by atoms with E-state index in [4.69, 9.17) is 4.74 Å². The summed E-state index contributed by atoms with van der Waals surface area (Å²) in [6.07, 6.45) is 0.245. The van der Waals surface area contributed by atoms with E-state index in [1.165, 1.54) is 5.56 Å². The van der Waals surface area contributed by atoms with E-state index in [2.05, 4.69) is 50.4 Å².